The molecule has 1 heterocycles. The number of hydrogen-bond acceptors (Lipinski definition) is 3. The summed E-state index contributed by atoms with van der Waals surface area (Å²) in [7, 11) is 1.45. The minimum absolute atomic E-state index is 0.351. The van der Waals surface area contributed by atoms with Gasteiger partial charge in [0.05, 0.1) is 11.8 Å². The summed E-state index contributed by atoms with van der Waals surface area (Å²) in [6, 6.07) is -0.855. The molecule has 1 unspecified atom stereocenters. The maximum absolute atomic E-state index is 11.8. The molecule has 1 amide bonds. The second-order valence-electron chi connectivity index (χ2n) is 3.34. The predicted molar refractivity (Wildman–Crippen MR) is 52.5 cm³/mol. The van der Waals surface area contributed by atoms with Crippen LogP contribution in [0.5, 0.6) is 0 Å². The van der Waals surface area contributed by atoms with Crippen LogP contribution >= 0.6 is 0 Å². The van der Waals surface area contributed by atoms with E-state index in [9.17, 15) is 9.59 Å². The van der Waals surface area contributed by atoms with E-state index >= 15 is 0 Å². The molecule has 0 radical (unpaired) electrons. The number of H-pyrrole nitrogens is 1. The number of aromatic amines is 1. The average Bonchev–Trinajstić information content (AvgIpc) is 2.60. The van der Waals surface area contributed by atoms with Crippen molar-refractivity contribution in [2.45, 2.75) is 19.9 Å². The van der Waals surface area contributed by atoms with Crippen molar-refractivity contribution in [3.05, 3.63) is 17.5 Å². The lowest BCUT2D eigenvalue weighted by Gasteiger charge is -2.20. The van der Waals surface area contributed by atoms with Gasteiger partial charge in [0.1, 0.15) is 6.04 Å². The predicted octanol–water partition coefficient (Wildman–Crippen LogP) is 0.263. The molecular weight excluding hydrogens is 198 g/mol. The smallest absolute Gasteiger partial charge is 0.326 e. The van der Waals surface area contributed by atoms with Crippen LogP contribution in [0.4, 0.5) is 0 Å². The van der Waals surface area contributed by atoms with Crippen molar-refractivity contribution in [2.75, 3.05) is 7.05 Å². The number of hydrogen-bond donors (Lipinski definition) is 2. The zero-order valence-corrected chi connectivity index (χ0v) is 8.81. The third-order valence-electron chi connectivity index (χ3n) is 2.32. The molecule has 0 bridgehead atoms. The van der Waals surface area contributed by atoms with Crippen molar-refractivity contribution >= 4 is 11.9 Å². The third kappa shape index (κ3) is 2.15. The normalized spacial score (nSPS) is 12.2. The summed E-state index contributed by atoms with van der Waals surface area (Å²) in [6.07, 6.45) is 1.39. The molecule has 6 nitrogen and oxygen atoms in total. The van der Waals surface area contributed by atoms with E-state index in [1.807, 2.05) is 0 Å². The van der Waals surface area contributed by atoms with Crippen molar-refractivity contribution in [1.29, 1.82) is 0 Å². The first kappa shape index (κ1) is 11.2. The van der Waals surface area contributed by atoms with Gasteiger partial charge in [0.25, 0.3) is 5.91 Å². The van der Waals surface area contributed by atoms with Crippen LogP contribution in [-0.2, 0) is 4.79 Å². The monoisotopic (exact) mass is 211 g/mol. The molecule has 6 heteroatoms. The Bertz CT molecular complexity index is 386. The van der Waals surface area contributed by atoms with Gasteiger partial charge in [0.2, 0.25) is 0 Å². The van der Waals surface area contributed by atoms with Crippen LogP contribution in [0.15, 0.2) is 6.20 Å². The SMILES string of the molecule is Cc1[nH]ncc1C(=O)N(C)C(C)C(=O)O. The molecule has 1 aromatic heterocycles. The Morgan fingerprint density at radius 3 is 2.60 bits per heavy atom. The van der Waals surface area contributed by atoms with Crippen LogP contribution in [0, 0.1) is 6.92 Å². The number of amides is 1. The van der Waals surface area contributed by atoms with Crippen LogP contribution in [-0.4, -0.2) is 45.2 Å². The summed E-state index contributed by atoms with van der Waals surface area (Å²) in [6.45, 7) is 3.16. The number of rotatable bonds is 3. The van der Waals surface area contributed by atoms with E-state index in [0.29, 0.717) is 11.3 Å². The lowest BCUT2D eigenvalue weighted by molar-refractivity contribution is -0.141. The van der Waals surface area contributed by atoms with Gasteiger partial charge in [-0.3, -0.25) is 9.89 Å². The third-order valence-corrected chi connectivity index (χ3v) is 2.32. The van der Waals surface area contributed by atoms with Gasteiger partial charge in [-0.2, -0.15) is 5.10 Å². The second-order valence-corrected chi connectivity index (χ2v) is 3.34. The molecule has 15 heavy (non-hydrogen) atoms. The lowest BCUT2D eigenvalue weighted by Crippen LogP contribution is -2.40. The fourth-order valence-corrected chi connectivity index (χ4v) is 1.10. The van der Waals surface area contributed by atoms with Gasteiger partial charge < -0.3 is 10.0 Å². The topological polar surface area (TPSA) is 86.3 Å². The molecule has 0 aliphatic heterocycles. The summed E-state index contributed by atoms with van der Waals surface area (Å²) < 4.78 is 0. The number of nitrogens with one attached hydrogen (secondary N) is 1. The zero-order valence-electron chi connectivity index (χ0n) is 8.81. The van der Waals surface area contributed by atoms with E-state index < -0.39 is 12.0 Å². The molecular formula is C9H13N3O3. The summed E-state index contributed by atoms with van der Waals surface area (Å²) >= 11 is 0. The fraction of sp³-hybridized carbons (Fsp3) is 0.444. The van der Waals surface area contributed by atoms with Crippen molar-refractivity contribution in [1.82, 2.24) is 15.1 Å². The molecule has 2 N–H and O–H groups in total. The molecule has 1 atom stereocenters. The van der Waals surface area contributed by atoms with Crippen LogP contribution in [0.25, 0.3) is 0 Å². The number of carboxylic acids is 1. The number of nitrogens with zero attached hydrogens (tertiary/aromatic N) is 2. The average molecular weight is 211 g/mol. The van der Waals surface area contributed by atoms with Crippen LogP contribution < -0.4 is 0 Å². The summed E-state index contributed by atoms with van der Waals surface area (Å²) in [4.78, 5) is 23.6. The van der Waals surface area contributed by atoms with E-state index in [0.717, 1.165) is 0 Å². The molecule has 0 aliphatic rings. The van der Waals surface area contributed by atoms with Gasteiger partial charge in [-0.05, 0) is 13.8 Å². The maximum atomic E-state index is 11.8. The number of likely N-dealkylation sites (N-methyl/N-ethyl adjacent to an activating group) is 1. The molecule has 82 valence electrons. The molecule has 1 rings (SSSR count). The van der Waals surface area contributed by atoms with Gasteiger partial charge in [0, 0.05) is 12.7 Å². The minimum Gasteiger partial charge on any atom is -0.480 e. The number of carbonyl (C=O) groups is 2. The Morgan fingerprint density at radius 1 is 1.60 bits per heavy atom. The van der Waals surface area contributed by atoms with E-state index in [1.165, 1.54) is 25.1 Å². The van der Waals surface area contributed by atoms with E-state index in [4.69, 9.17) is 5.11 Å². The number of aryl methyl sites for hydroxylation is 1. The molecule has 0 fully saturated rings. The van der Waals surface area contributed by atoms with Crippen LogP contribution in [0.1, 0.15) is 23.0 Å². The minimum atomic E-state index is -1.04. The van der Waals surface area contributed by atoms with Crippen LogP contribution in [0.3, 0.4) is 0 Å². The van der Waals surface area contributed by atoms with Crippen LogP contribution in [0.2, 0.25) is 0 Å². The molecule has 0 aliphatic carbocycles. The zero-order chi connectivity index (χ0) is 11.6. The number of carboxylic acid groups (broad SMARTS) is 1. The molecule has 0 saturated carbocycles. The Kier molecular flexibility index (Phi) is 3.08. The van der Waals surface area contributed by atoms with Gasteiger partial charge >= 0.3 is 5.97 Å². The van der Waals surface area contributed by atoms with E-state index in [1.54, 1.807) is 6.92 Å². The Labute approximate surface area is 86.9 Å². The molecule has 1 aromatic rings. The second kappa shape index (κ2) is 4.12. The molecule has 0 saturated heterocycles. The van der Waals surface area contributed by atoms with Crippen molar-refractivity contribution in [3.63, 3.8) is 0 Å². The highest BCUT2D eigenvalue weighted by molar-refractivity contribution is 5.97. The summed E-state index contributed by atoms with van der Waals surface area (Å²) in [5.74, 6) is -1.39. The Hall–Kier alpha value is -1.85. The van der Waals surface area contributed by atoms with Gasteiger partial charge in [0.15, 0.2) is 0 Å². The van der Waals surface area contributed by atoms with E-state index in [-0.39, 0.29) is 5.91 Å². The summed E-state index contributed by atoms with van der Waals surface area (Å²) in [5.41, 5.74) is 1.02. The standard InChI is InChI=1S/C9H13N3O3/c1-5-7(4-10-11-5)8(13)12(3)6(2)9(14)15/h4,6H,1-3H3,(H,10,11)(H,14,15). The fourth-order valence-electron chi connectivity index (χ4n) is 1.10. The van der Waals surface area contributed by atoms with Gasteiger partial charge in [-0.1, -0.05) is 0 Å². The highest BCUT2D eigenvalue weighted by atomic mass is 16.4. The number of aliphatic carboxylic acids is 1. The van der Waals surface area contributed by atoms with Gasteiger partial charge in [-0.25, -0.2) is 4.79 Å². The van der Waals surface area contributed by atoms with Crippen molar-refractivity contribution in [2.24, 2.45) is 0 Å². The summed E-state index contributed by atoms with van der Waals surface area (Å²) in [5, 5.41) is 15.1. The first-order valence-corrected chi connectivity index (χ1v) is 4.45. The quantitative estimate of drug-likeness (QED) is 0.751. The Balaban J connectivity index is 2.86. The first-order valence-electron chi connectivity index (χ1n) is 4.45. The lowest BCUT2D eigenvalue weighted by atomic mass is 10.2. The van der Waals surface area contributed by atoms with E-state index in [2.05, 4.69) is 10.2 Å². The van der Waals surface area contributed by atoms with Crippen molar-refractivity contribution < 1.29 is 14.7 Å². The maximum Gasteiger partial charge on any atom is 0.326 e. The molecule has 0 aromatic carbocycles. The Morgan fingerprint density at radius 2 is 2.20 bits per heavy atom. The molecule has 0 spiro atoms. The highest BCUT2D eigenvalue weighted by Crippen LogP contribution is 2.08. The largest absolute Gasteiger partial charge is 0.480 e. The number of carbonyl (C=O) groups excluding carboxylic acids is 1. The van der Waals surface area contributed by atoms with Gasteiger partial charge in [-0.15, -0.1) is 0 Å². The number of aromatic nitrogens is 2. The van der Waals surface area contributed by atoms with Crippen molar-refractivity contribution in [3.8, 4) is 0 Å². The highest BCUT2D eigenvalue weighted by Gasteiger charge is 2.24. The first-order chi connectivity index (χ1) is 6.95.